The molecule has 0 bridgehead atoms. The molecule has 1 saturated carbocycles. The van der Waals surface area contributed by atoms with Crippen LogP contribution >= 0.6 is 12.4 Å². The predicted molar refractivity (Wildman–Crippen MR) is 94.2 cm³/mol. The van der Waals surface area contributed by atoms with Crippen molar-refractivity contribution >= 4 is 18.3 Å². The average Bonchev–Trinajstić information content (AvgIpc) is 2.53. The van der Waals surface area contributed by atoms with Crippen molar-refractivity contribution in [1.82, 2.24) is 5.32 Å². The zero-order chi connectivity index (χ0) is 15.2. The van der Waals surface area contributed by atoms with E-state index in [2.05, 4.69) is 19.2 Å². The van der Waals surface area contributed by atoms with Crippen LogP contribution in [0.3, 0.4) is 0 Å². The highest BCUT2D eigenvalue weighted by Crippen LogP contribution is 2.32. The van der Waals surface area contributed by atoms with E-state index in [9.17, 15) is 4.79 Å². The van der Waals surface area contributed by atoms with Crippen LogP contribution in [0.2, 0.25) is 0 Å². The van der Waals surface area contributed by atoms with Gasteiger partial charge in [0.2, 0.25) is 0 Å². The number of halogens is 1. The Morgan fingerprint density at radius 2 is 1.77 bits per heavy atom. The maximum atomic E-state index is 12.1. The smallest absolute Gasteiger partial charge is 0.251 e. The number of amides is 1. The second-order valence-corrected chi connectivity index (χ2v) is 6.64. The molecule has 0 spiro atoms. The molecule has 0 heterocycles. The van der Waals surface area contributed by atoms with Crippen molar-refractivity contribution < 1.29 is 4.79 Å². The van der Waals surface area contributed by atoms with E-state index in [4.69, 9.17) is 5.73 Å². The van der Waals surface area contributed by atoms with Crippen LogP contribution in [-0.4, -0.2) is 12.5 Å². The Hall–Kier alpha value is -1.06. The normalized spacial score (nSPS) is 21.3. The second-order valence-electron chi connectivity index (χ2n) is 6.64. The summed E-state index contributed by atoms with van der Waals surface area (Å²) >= 11 is 0. The van der Waals surface area contributed by atoms with Crippen molar-refractivity contribution in [2.45, 2.75) is 46.1 Å². The number of hydrogen-bond donors (Lipinski definition) is 2. The fourth-order valence-electron chi connectivity index (χ4n) is 3.19. The highest BCUT2D eigenvalue weighted by Gasteiger charge is 2.23. The molecule has 3 nitrogen and oxygen atoms in total. The number of nitrogens with one attached hydrogen (secondary N) is 1. The molecular formula is C18H29ClN2O. The predicted octanol–water partition coefficient (Wildman–Crippen LogP) is 3.76. The van der Waals surface area contributed by atoms with Crippen LogP contribution in [0.1, 0.15) is 55.5 Å². The molecule has 1 aromatic carbocycles. The van der Waals surface area contributed by atoms with Gasteiger partial charge in [-0.25, -0.2) is 0 Å². The third-order valence-corrected chi connectivity index (χ3v) is 4.84. The molecule has 0 unspecified atom stereocenters. The number of nitrogens with two attached hydrogens (primary N) is 1. The molecule has 1 aliphatic carbocycles. The molecule has 124 valence electrons. The van der Waals surface area contributed by atoms with Crippen molar-refractivity contribution in [2.75, 3.05) is 6.54 Å². The van der Waals surface area contributed by atoms with Crippen LogP contribution in [0.15, 0.2) is 24.3 Å². The summed E-state index contributed by atoms with van der Waals surface area (Å²) in [6.45, 7) is 5.96. The fraction of sp³-hybridized carbons (Fsp3) is 0.611. The van der Waals surface area contributed by atoms with Gasteiger partial charge in [-0.3, -0.25) is 4.79 Å². The zero-order valence-corrected chi connectivity index (χ0v) is 14.5. The van der Waals surface area contributed by atoms with Gasteiger partial charge in [-0.1, -0.05) is 26.0 Å². The fourth-order valence-corrected chi connectivity index (χ4v) is 3.19. The standard InChI is InChI=1S/C18H28N2O.ClH/c1-13(2)16-7-5-15(6-8-16)12-20-18(21)17-9-3-14(11-19)4-10-17;/h3-4,9-10,13,15-16H,5-8,11-12,19H2,1-2H3,(H,20,21);1H. The lowest BCUT2D eigenvalue weighted by molar-refractivity contribution is 0.0939. The van der Waals surface area contributed by atoms with Gasteiger partial charge in [0.1, 0.15) is 0 Å². The maximum Gasteiger partial charge on any atom is 0.251 e. The molecular weight excluding hydrogens is 296 g/mol. The lowest BCUT2D eigenvalue weighted by Gasteiger charge is -2.30. The van der Waals surface area contributed by atoms with Gasteiger partial charge in [0.25, 0.3) is 5.91 Å². The number of carbonyl (C=O) groups is 1. The molecule has 0 aromatic heterocycles. The molecule has 0 atom stereocenters. The third-order valence-electron chi connectivity index (χ3n) is 4.84. The highest BCUT2D eigenvalue weighted by atomic mass is 35.5. The summed E-state index contributed by atoms with van der Waals surface area (Å²) in [7, 11) is 0. The van der Waals surface area contributed by atoms with Gasteiger partial charge in [0.15, 0.2) is 0 Å². The maximum absolute atomic E-state index is 12.1. The molecule has 4 heteroatoms. The number of benzene rings is 1. The van der Waals surface area contributed by atoms with Crippen LogP contribution in [0.25, 0.3) is 0 Å². The Morgan fingerprint density at radius 1 is 1.18 bits per heavy atom. The molecule has 0 radical (unpaired) electrons. The summed E-state index contributed by atoms with van der Waals surface area (Å²) in [5.41, 5.74) is 7.34. The van der Waals surface area contributed by atoms with Gasteiger partial charge in [-0.2, -0.15) is 0 Å². The first kappa shape index (κ1) is 19.0. The van der Waals surface area contributed by atoms with Gasteiger partial charge in [0, 0.05) is 18.7 Å². The Morgan fingerprint density at radius 3 is 2.27 bits per heavy atom. The van der Waals surface area contributed by atoms with Gasteiger partial charge in [-0.15, -0.1) is 12.4 Å². The first-order valence-corrected chi connectivity index (χ1v) is 8.17. The van der Waals surface area contributed by atoms with Gasteiger partial charge < -0.3 is 11.1 Å². The zero-order valence-electron chi connectivity index (χ0n) is 13.7. The van der Waals surface area contributed by atoms with Crippen LogP contribution < -0.4 is 11.1 Å². The minimum Gasteiger partial charge on any atom is -0.352 e. The molecule has 1 fully saturated rings. The van der Waals surface area contributed by atoms with Crippen molar-refractivity contribution in [1.29, 1.82) is 0 Å². The third kappa shape index (κ3) is 5.29. The second kappa shape index (κ2) is 9.16. The van der Waals surface area contributed by atoms with Crippen molar-refractivity contribution in [3.63, 3.8) is 0 Å². The van der Waals surface area contributed by atoms with Gasteiger partial charge in [-0.05, 0) is 61.1 Å². The average molecular weight is 325 g/mol. The highest BCUT2D eigenvalue weighted by molar-refractivity contribution is 5.94. The molecule has 1 amide bonds. The van der Waals surface area contributed by atoms with Crippen LogP contribution in [0.4, 0.5) is 0 Å². The van der Waals surface area contributed by atoms with Gasteiger partial charge in [0.05, 0.1) is 0 Å². The lowest BCUT2D eigenvalue weighted by atomic mass is 9.77. The molecule has 3 N–H and O–H groups in total. The summed E-state index contributed by atoms with van der Waals surface area (Å²) in [5, 5.41) is 3.08. The van der Waals surface area contributed by atoms with E-state index in [0.717, 1.165) is 29.5 Å². The summed E-state index contributed by atoms with van der Waals surface area (Å²) in [6.07, 6.45) is 5.11. The number of rotatable bonds is 5. The Bertz CT molecular complexity index is 451. The Balaban J connectivity index is 0.00000242. The molecule has 22 heavy (non-hydrogen) atoms. The molecule has 1 aliphatic rings. The Labute approximate surface area is 140 Å². The number of hydrogen-bond acceptors (Lipinski definition) is 2. The van der Waals surface area contributed by atoms with Crippen LogP contribution in [0, 0.1) is 17.8 Å². The van der Waals surface area contributed by atoms with Crippen molar-refractivity contribution in [3.8, 4) is 0 Å². The lowest BCUT2D eigenvalue weighted by Crippen LogP contribution is -2.31. The molecule has 2 rings (SSSR count). The van der Waals surface area contributed by atoms with Crippen molar-refractivity contribution in [2.24, 2.45) is 23.5 Å². The first-order chi connectivity index (χ1) is 10.1. The Kier molecular flexibility index (Phi) is 7.91. The molecule has 1 aromatic rings. The quantitative estimate of drug-likeness (QED) is 0.866. The minimum absolute atomic E-state index is 0. The molecule has 0 aliphatic heterocycles. The minimum atomic E-state index is 0. The van der Waals surface area contributed by atoms with Crippen LogP contribution in [0.5, 0.6) is 0 Å². The summed E-state index contributed by atoms with van der Waals surface area (Å²) in [4.78, 5) is 12.1. The topological polar surface area (TPSA) is 55.1 Å². The summed E-state index contributed by atoms with van der Waals surface area (Å²) in [6, 6.07) is 7.55. The largest absolute Gasteiger partial charge is 0.352 e. The van der Waals surface area contributed by atoms with E-state index >= 15 is 0 Å². The van der Waals surface area contributed by atoms with E-state index in [-0.39, 0.29) is 18.3 Å². The summed E-state index contributed by atoms with van der Waals surface area (Å²) < 4.78 is 0. The molecule has 0 saturated heterocycles. The van der Waals surface area contributed by atoms with E-state index < -0.39 is 0 Å². The van der Waals surface area contributed by atoms with Crippen LogP contribution in [-0.2, 0) is 6.54 Å². The van der Waals surface area contributed by atoms with E-state index in [1.807, 2.05) is 24.3 Å². The number of carbonyl (C=O) groups excluding carboxylic acids is 1. The SMILES string of the molecule is CC(C)C1CCC(CNC(=O)c2ccc(CN)cc2)CC1.Cl. The van der Waals surface area contributed by atoms with Gasteiger partial charge >= 0.3 is 0 Å². The van der Waals surface area contributed by atoms with E-state index in [1.165, 1.54) is 25.7 Å². The van der Waals surface area contributed by atoms with E-state index in [1.54, 1.807) is 0 Å². The summed E-state index contributed by atoms with van der Waals surface area (Å²) in [5.74, 6) is 2.35. The monoisotopic (exact) mass is 324 g/mol. The van der Waals surface area contributed by atoms with Crippen molar-refractivity contribution in [3.05, 3.63) is 35.4 Å². The first-order valence-electron chi connectivity index (χ1n) is 8.17. The van der Waals surface area contributed by atoms with E-state index in [0.29, 0.717) is 12.5 Å².